The van der Waals surface area contributed by atoms with Gasteiger partial charge in [-0.3, -0.25) is 4.79 Å². The van der Waals surface area contributed by atoms with Gasteiger partial charge in [-0.2, -0.15) is 0 Å². The largest absolute Gasteiger partial charge is 0.493 e. The van der Waals surface area contributed by atoms with Crippen LogP contribution in [-0.2, 0) is 0 Å². The number of hydrogen-bond donors (Lipinski definition) is 0. The van der Waals surface area contributed by atoms with E-state index in [1.807, 2.05) is 66.7 Å². The van der Waals surface area contributed by atoms with E-state index in [9.17, 15) is 4.79 Å². The molecule has 0 saturated heterocycles. The molecule has 32 heavy (non-hydrogen) atoms. The van der Waals surface area contributed by atoms with Gasteiger partial charge in [0.05, 0.1) is 28.8 Å². The first-order valence-electron chi connectivity index (χ1n) is 10.2. The third kappa shape index (κ3) is 4.33. The number of ether oxygens (including phenoxy) is 2. The Bertz CT molecular complexity index is 1470. The number of benzene rings is 3. The van der Waals surface area contributed by atoms with Crippen molar-refractivity contribution < 1.29 is 9.47 Å². The van der Waals surface area contributed by atoms with Crippen LogP contribution in [-0.4, -0.2) is 22.6 Å². The van der Waals surface area contributed by atoms with E-state index < -0.39 is 0 Å². The number of nitrogens with zero attached hydrogens (tertiary/aromatic N) is 2. The van der Waals surface area contributed by atoms with E-state index in [0.717, 1.165) is 34.5 Å². The maximum atomic E-state index is 12.9. The van der Waals surface area contributed by atoms with E-state index >= 15 is 0 Å². The maximum Gasteiger partial charge on any atom is 0.274 e. The second-order valence-electron chi connectivity index (χ2n) is 7.21. The molecule has 0 amide bonds. The molecule has 0 aliphatic rings. The van der Waals surface area contributed by atoms with Crippen LogP contribution in [0.5, 0.6) is 11.5 Å². The quantitative estimate of drug-likeness (QED) is 0.321. The zero-order valence-electron chi connectivity index (χ0n) is 17.0. The van der Waals surface area contributed by atoms with Gasteiger partial charge in [0.25, 0.3) is 5.56 Å². The van der Waals surface area contributed by atoms with E-state index in [1.165, 1.54) is 11.3 Å². The van der Waals surface area contributed by atoms with Crippen LogP contribution in [0, 0.1) is 0 Å². The summed E-state index contributed by atoms with van der Waals surface area (Å²) in [5, 5.41) is 0.690. The van der Waals surface area contributed by atoms with E-state index in [-0.39, 0.29) is 5.56 Å². The summed E-state index contributed by atoms with van der Waals surface area (Å²) in [5.74, 6) is 1.57. The van der Waals surface area contributed by atoms with Gasteiger partial charge in [0, 0.05) is 11.4 Å². The fourth-order valence-electron chi connectivity index (χ4n) is 3.39. The summed E-state index contributed by atoms with van der Waals surface area (Å²) in [6.07, 6.45) is 2.65. The van der Waals surface area contributed by atoms with Crippen LogP contribution >= 0.6 is 22.9 Å². The first-order chi connectivity index (χ1) is 15.7. The Morgan fingerprint density at radius 2 is 1.56 bits per heavy atom. The molecular formula is C25H19ClN2O3S. The standard InChI is InChI=1S/C25H19ClN2O3S/c26-18-8-12-20(13-9-18)31-15-3-14-30-19-10-6-17(7-11-19)16-23-24(29)28-22-5-2-1-4-21(22)27-25(28)32-23/h1-2,4-13,16H,3,14-15H2/b23-16-. The van der Waals surface area contributed by atoms with Crippen LogP contribution < -0.4 is 19.6 Å². The van der Waals surface area contributed by atoms with Gasteiger partial charge in [0.2, 0.25) is 0 Å². The molecule has 0 atom stereocenters. The molecule has 0 radical (unpaired) electrons. The molecule has 0 bridgehead atoms. The molecule has 3 aromatic carbocycles. The van der Waals surface area contributed by atoms with Crippen molar-refractivity contribution in [1.82, 2.24) is 9.38 Å². The average molecular weight is 463 g/mol. The maximum absolute atomic E-state index is 12.9. The lowest BCUT2D eigenvalue weighted by Crippen LogP contribution is -2.22. The molecule has 160 valence electrons. The second-order valence-corrected chi connectivity index (χ2v) is 8.65. The SMILES string of the molecule is O=c1/c(=C/c2ccc(OCCCOc3ccc(Cl)cc3)cc2)sc2nc3ccccc3n12. The number of aromatic nitrogens is 2. The lowest BCUT2D eigenvalue weighted by molar-refractivity contribution is 0.247. The van der Waals surface area contributed by atoms with Gasteiger partial charge in [-0.05, 0) is 60.2 Å². The molecule has 0 aliphatic carbocycles. The molecule has 7 heteroatoms. The summed E-state index contributed by atoms with van der Waals surface area (Å²) < 4.78 is 13.8. The van der Waals surface area contributed by atoms with Crippen LogP contribution in [0.2, 0.25) is 5.02 Å². The van der Waals surface area contributed by atoms with Gasteiger partial charge < -0.3 is 9.47 Å². The molecule has 0 N–H and O–H groups in total. The Morgan fingerprint density at radius 3 is 2.28 bits per heavy atom. The topological polar surface area (TPSA) is 52.8 Å². The van der Waals surface area contributed by atoms with Crippen molar-refractivity contribution in [2.75, 3.05) is 13.2 Å². The third-order valence-corrected chi connectivity index (χ3v) is 6.18. The number of rotatable bonds is 7. The molecule has 0 aliphatic heterocycles. The summed E-state index contributed by atoms with van der Waals surface area (Å²) in [7, 11) is 0. The van der Waals surface area contributed by atoms with Crippen molar-refractivity contribution >= 4 is 45.0 Å². The molecule has 0 saturated carbocycles. The van der Waals surface area contributed by atoms with Crippen LogP contribution in [0.4, 0.5) is 0 Å². The fourth-order valence-corrected chi connectivity index (χ4v) is 4.51. The second kappa shape index (κ2) is 9.02. The van der Waals surface area contributed by atoms with Crippen LogP contribution in [0.1, 0.15) is 12.0 Å². The molecule has 2 aromatic heterocycles. The summed E-state index contributed by atoms with van der Waals surface area (Å²) in [4.78, 5) is 18.1. The van der Waals surface area contributed by atoms with Gasteiger partial charge in [-0.25, -0.2) is 9.38 Å². The highest BCUT2D eigenvalue weighted by Gasteiger charge is 2.10. The van der Waals surface area contributed by atoms with Crippen molar-refractivity contribution in [1.29, 1.82) is 0 Å². The van der Waals surface area contributed by atoms with Gasteiger partial charge >= 0.3 is 0 Å². The van der Waals surface area contributed by atoms with Crippen molar-refractivity contribution in [2.45, 2.75) is 6.42 Å². The van der Waals surface area contributed by atoms with Gasteiger partial charge in [-0.1, -0.05) is 47.2 Å². The van der Waals surface area contributed by atoms with Gasteiger partial charge in [-0.15, -0.1) is 0 Å². The first kappa shape index (κ1) is 20.5. The Labute approximate surface area is 193 Å². The Hall–Kier alpha value is -3.35. The number of thiazole rings is 1. The van der Waals surface area contributed by atoms with Crippen molar-refractivity contribution in [3.05, 3.63) is 98.3 Å². The zero-order chi connectivity index (χ0) is 21.9. The van der Waals surface area contributed by atoms with Gasteiger partial charge in [0.1, 0.15) is 11.5 Å². The van der Waals surface area contributed by atoms with E-state index in [2.05, 4.69) is 4.98 Å². The Morgan fingerprint density at radius 1 is 0.906 bits per heavy atom. The van der Waals surface area contributed by atoms with Gasteiger partial charge in [0.15, 0.2) is 4.96 Å². The van der Waals surface area contributed by atoms with Crippen LogP contribution in [0.15, 0.2) is 77.6 Å². The van der Waals surface area contributed by atoms with E-state index in [4.69, 9.17) is 21.1 Å². The minimum Gasteiger partial charge on any atom is -0.493 e. The number of imidazole rings is 1. The summed E-state index contributed by atoms with van der Waals surface area (Å²) in [6, 6.07) is 22.7. The predicted octanol–water partition coefficient (Wildman–Crippen LogP) is 4.96. The van der Waals surface area contributed by atoms with Crippen LogP contribution in [0.3, 0.4) is 0 Å². The summed E-state index contributed by atoms with van der Waals surface area (Å²) in [5.41, 5.74) is 2.57. The van der Waals surface area contributed by atoms with Crippen molar-refractivity contribution in [3.8, 4) is 11.5 Å². The average Bonchev–Trinajstić information content (AvgIpc) is 3.32. The van der Waals surface area contributed by atoms with Crippen molar-refractivity contribution in [3.63, 3.8) is 0 Å². The Kier molecular flexibility index (Phi) is 5.79. The minimum atomic E-state index is -0.0419. The molecule has 5 aromatic rings. The Balaban J connectivity index is 1.21. The fraction of sp³-hybridized carbons (Fsp3) is 0.120. The predicted molar refractivity (Wildman–Crippen MR) is 129 cm³/mol. The highest BCUT2D eigenvalue weighted by Crippen LogP contribution is 2.17. The molecule has 0 unspecified atom stereocenters. The first-order valence-corrected chi connectivity index (χ1v) is 11.4. The minimum absolute atomic E-state index is 0.0419. The lowest BCUT2D eigenvalue weighted by atomic mass is 10.2. The monoisotopic (exact) mass is 462 g/mol. The molecule has 5 nitrogen and oxygen atoms in total. The molecular weight excluding hydrogens is 444 g/mol. The lowest BCUT2D eigenvalue weighted by Gasteiger charge is -2.08. The third-order valence-electron chi connectivity index (χ3n) is 4.96. The number of halogens is 1. The number of para-hydroxylation sites is 2. The molecule has 5 rings (SSSR count). The highest BCUT2D eigenvalue weighted by atomic mass is 35.5. The molecule has 0 fully saturated rings. The normalized spacial score (nSPS) is 12.0. The molecule has 0 spiro atoms. The van der Waals surface area contributed by atoms with E-state index in [1.54, 1.807) is 16.5 Å². The summed E-state index contributed by atoms with van der Waals surface area (Å²) >= 11 is 7.26. The number of fused-ring (bicyclic) bond motifs is 3. The smallest absolute Gasteiger partial charge is 0.274 e. The van der Waals surface area contributed by atoms with Crippen molar-refractivity contribution in [2.24, 2.45) is 0 Å². The highest BCUT2D eigenvalue weighted by molar-refractivity contribution is 7.15. The van der Waals surface area contributed by atoms with E-state index in [0.29, 0.717) is 27.7 Å². The molecule has 2 heterocycles. The van der Waals surface area contributed by atoms with Crippen LogP contribution in [0.25, 0.3) is 22.1 Å². The zero-order valence-corrected chi connectivity index (χ0v) is 18.6. The summed E-state index contributed by atoms with van der Waals surface area (Å²) in [6.45, 7) is 1.12. The number of hydrogen-bond acceptors (Lipinski definition) is 5.